The van der Waals surface area contributed by atoms with E-state index in [1.54, 1.807) is 14.2 Å². The molecule has 154 valence electrons. The quantitative estimate of drug-likeness (QED) is 0.753. The maximum absolute atomic E-state index is 13.3. The van der Waals surface area contributed by atoms with Crippen molar-refractivity contribution in [2.45, 2.75) is 33.0 Å². The minimum absolute atomic E-state index is 0.212. The van der Waals surface area contributed by atoms with E-state index in [0.717, 1.165) is 22.6 Å². The average Bonchev–Trinajstić information content (AvgIpc) is 3.18. The number of hydrogen-bond acceptors (Lipinski definition) is 6. The third-order valence-corrected chi connectivity index (χ3v) is 6.23. The summed E-state index contributed by atoms with van der Waals surface area (Å²) < 4.78 is 5.07. The molecule has 1 aromatic rings. The van der Waals surface area contributed by atoms with Crippen molar-refractivity contribution in [1.29, 1.82) is 0 Å². The second-order valence-electron chi connectivity index (χ2n) is 7.47. The van der Waals surface area contributed by atoms with Gasteiger partial charge in [-0.25, -0.2) is 9.79 Å². The SMILES string of the molecule is COCCN1C(=O)C2C(N=C3N(c4ccc(C)c(Cl)c4)C(C)=C(C)N32)N(C)C1=O. The van der Waals surface area contributed by atoms with Crippen molar-refractivity contribution < 1.29 is 14.3 Å². The number of nitrogens with zero attached hydrogens (tertiary/aromatic N) is 5. The van der Waals surface area contributed by atoms with Gasteiger partial charge in [0.1, 0.15) is 0 Å². The van der Waals surface area contributed by atoms with E-state index in [9.17, 15) is 9.59 Å². The fraction of sp³-hybridized carbons (Fsp3) is 0.450. The zero-order chi connectivity index (χ0) is 21.0. The number of allylic oxidation sites excluding steroid dienone is 2. The minimum Gasteiger partial charge on any atom is -0.383 e. The maximum atomic E-state index is 13.3. The van der Waals surface area contributed by atoms with Crippen molar-refractivity contribution in [1.82, 2.24) is 14.7 Å². The van der Waals surface area contributed by atoms with Gasteiger partial charge in [0.2, 0.25) is 5.96 Å². The van der Waals surface area contributed by atoms with Crippen LogP contribution in [0.5, 0.6) is 0 Å². The first-order valence-electron chi connectivity index (χ1n) is 9.45. The van der Waals surface area contributed by atoms with Crippen molar-refractivity contribution in [3.63, 3.8) is 0 Å². The maximum Gasteiger partial charge on any atom is 0.328 e. The number of carbonyl (C=O) groups excluding carboxylic acids is 2. The van der Waals surface area contributed by atoms with Crippen molar-refractivity contribution in [3.05, 3.63) is 40.2 Å². The molecular weight excluding hydrogens is 394 g/mol. The molecule has 1 saturated heterocycles. The Morgan fingerprint density at radius 1 is 1.17 bits per heavy atom. The summed E-state index contributed by atoms with van der Waals surface area (Å²) in [6, 6.07) is 4.88. The molecule has 1 aromatic carbocycles. The van der Waals surface area contributed by atoms with E-state index in [2.05, 4.69) is 0 Å². The molecule has 0 N–H and O–H groups in total. The van der Waals surface area contributed by atoms with Crippen LogP contribution in [-0.4, -0.2) is 72.1 Å². The van der Waals surface area contributed by atoms with Crippen LogP contribution < -0.4 is 4.90 Å². The van der Waals surface area contributed by atoms with Crippen LogP contribution in [0.3, 0.4) is 0 Å². The number of rotatable bonds is 4. The van der Waals surface area contributed by atoms with Gasteiger partial charge >= 0.3 is 6.03 Å². The van der Waals surface area contributed by atoms with Crippen molar-refractivity contribution in [2.75, 3.05) is 32.2 Å². The van der Waals surface area contributed by atoms with E-state index in [-0.39, 0.29) is 25.1 Å². The Morgan fingerprint density at radius 2 is 1.90 bits per heavy atom. The lowest BCUT2D eigenvalue weighted by atomic mass is 10.1. The molecule has 9 heteroatoms. The zero-order valence-corrected chi connectivity index (χ0v) is 17.9. The van der Waals surface area contributed by atoms with Gasteiger partial charge < -0.3 is 9.64 Å². The number of guanidine groups is 1. The molecule has 4 rings (SSSR count). The molecule has 0 spiro atoms. The van der Waals surface area contributed by atoms with E-state index in [0.29, 0.717) is 11.0 Å². The fourth-order valence-corrected chi connectivity index (χ4v) is 4.21. The normalized spacial score (nSPS) is 23.9. The molecule has 2 atom stereocenters. The summed E-state index contributed by atoms with van der Waals surface area (Å²) in [6.45, 7) is 6.41. The first kappa shape index (κ1) is 19.7. The summed E-state index contributed by atoms with van der Waals surface area (Å²) in [6.07, 6.45) is -0.574. The number of halogens is 1. The molecular formula is C20H24ClN5O3. The molecule has 3 aliphatic heterocycles. The minimum atomic E-state index is -0.592. The van der Waals surface area contributed by atoms with Crippen LogP contribution in [0.1, 0.15) is 19.4 Å². The number of aryl methyl sites for hydroxylation is 1. The first-order valence-corrected chi connectivity index (χ1v) is 9.83. The first-order chi connectivity index (χ1) is 13.8. The highest BCUT2D eigenvalue weighted by Crippen LogP contribution is 2.40. The molecule has 3 heterocycles. The Morgan fingerprint density at radius 3 is 2.55 bits per heavy atom. The van der Waals surface area contributed by atoms with Crippen molar-refractivity contribution in [2.24, 2.45) is 4.99 Å². The second-order valence-corrected chi connectivity index (χ2v) is 7.88. The van der Waals surface area contributed by atoms with Gasteiger partial charge in [0.05, 0.1) is 18.8 Å². The summed E-state index contributed by atoms with van der Waals surface area (Å²) in [5.74, 6) is 0.376. The second kappa shape index (κ2) is 7.03. The number of anilines is 1. The van der Waals surface area contributed by atoms with Crippen LogP contribution in [0, 0.1) is 6.92 Å². The molecule has 3 aliphatic rings. The number of methoxy groups -OCH3 is 1. The van der Waals surface area contributed by atoms with Crippen molar-refractivity contribution >= 4 is 35.2 Å². The number of urea groups is 1. The van der Waals surface area contributed by atoms with Crippen LogP contribution >= 0.6 is 11.6 Å². The standard InChI is InChI=1S/C20H24ClN5O3/c1-11-6-7-14(10-15(11)21)25-12(2)13(3)26-16-17(22-19(25)26)23(4)20(28)24(18(16)27)8-9-29-5/h6-7,10,16-17H,8-9H2,1-5H3. The topological polar surface area (TPSA) is 68.7 Å². The fourth-order valence-electron chi connectivity index (χ4n) is 4.03. The van der Waals surface area contributed by atoms with Crippen LogP contribution in [0.4, 0.5) is 10.5 Å². The molecule has 2 unspecified atom stereocenters. The molecule has 8 nitrogen and oxygen atoms in total. The summed E-state index contributed by atoms with van der Waals surface area (Å²) in [5.41, 5.74) is 3.75. The lowest BCUT2D eigenvalue weighted by Crippen LogP contribution is -2.65. The Bertz CT molecular complexity index is 959. The van der Waals surface area contributed by atoms with Gasteiger partial charge in [-0.15, -0.1) is 0 Å². The van der Waals surface area contributed by atoms with Crippen LogP contribution in [0.2, 0.25) is 5.02 Å². The van der Waals surface area contributed by atoms with Gasteiger partial charge in [-0.1, -0.05) is 17.7 Å². The lowest BCUT2D eigenvalue weighted by molar-refractivity contribution is -0.137. The summed E-state index contributed by atoms with van der Waals surface area (Å²) >= 11 is 6.35. The zero-order valence-electron chi connectivity index (χ0n) is 17.1. The smallest absolute Gasteiger partial charge is 0.328 e. The van der Waals surface area contributed by atoms with Crippen LogP contribution in [0.25, 0.3) is 0 Å². The monoisotopic (exact) mass is 417 g/mol. The van der Waals surface area contributed by atoms with Gasteiger partial charge in [0.15, 0.2) is 12.2 Å². The predicted octanol–water partition coefficient (Wildman–Crippen LogP) is 2.63. The number of benzene rings is 1. The Labute approximate surface area is 175 Å². The van der Waals surface area contributed by atoms with Crippen LogP contribution in [0.15, 0.2) is 34.6 Å². The number of ether oxygens (including phenoxy) is 1. The highest BCUT2D eigenvalue weighted by atomic mass is 35.5. The molecule has 0 radical (unpaired) electrons. The number of fused-ring (bicyclic) bond motifs is 3. The van der Waals surface area contributed by atoms with Gasteiger partial charge in [-0.3, -0.25) is 19.5 Å². The van der Waals surface area contributed by atoms with E-state index < -0.39 is 12.2 Å². The van der Waals surface area contributed by atoms with Crippen molar-refractivity contribution in [3.8, 4) is 0 Å². The molecule has 0 aromatic heterocycles. The summed E-state index contributed by atoms with van der Waals surface area (Å²) in [7, 11) is 3.22. The van der Waals surface area contributed by atoms with Gasteiger partial charge in [0.25, 0.3) is 5.91 Å². The number of amides is 3. The molecule has 0 saturated carbocycles. The van der Waals surface area contributed by atoms with Gasteiger partial charge in [0, 0.05) is 30.6 Å². The van der Waals surface area contributed by atoms with Crippen LogP contribution in [-0.2, 0) is 9.53 Å². The summed E-state index contributed by atoms with van der Waals surface area (Å²) in [4.78, 5) is 37.5. The Balaban J connectivity index is 1.75. The van der Waals surface area contributed by atoms with Gasteiger partial charge in [-0.2, -0.15) is 0 Å². The Kier molecular flexibility index (Phi) is 4.78. The number of aliphatic imine (C=N–C) groups is 1. The largest absolute Gasteiger partial charge is 0.383 e. The molecule has 0 aliphatic carbocycles. The summed E-state index contributed by atoms with van der Waals surface area (Å²) in [5, 5.41) is 0.663. The highest BCUT2D eigenvalue weighted by molar-refractivity contribution is 6.31. The Hall–Kier alpha value is -2.58. The number of hydrogen-bond donors (Lipinski definition) is 0. The average molecular weight is 418 g/mol. The van der Waals surface area contributed by atoms with E-state index in [1.807, 2.05) is 48.8 Å². The third kappa shape index (κ3) is 2.81. The molecule has 1 fully saturated rings. The predicted molar refractivity (Wildman–Crippen MR) is 111 cm³/mol. The molecule has 29 heavy (non-hydrogen) atoms. The van der Waals surface area contributed by atoms with E-state index >= 15 is 0 Å². The van der Waals surface area contributed by atoms with Gasteiger partial charge in [-0.05, 0) is 38.5 Å². The van der Waals surface area contributed by atoms with E-state index in [4.69, 9.17) is 21.3 Å². The third-order valence-electron chi connectivity index (χ3n) is 5.83. The van der Waals surface area contributed by atoms with E-state index in [1.165, 1.54) is 9.80 Å². The highest BCUT2D eigenvalue weighted by Gasteiger charge is 2.55. The molecule has 3 amide bonds. The number of carbonyl (C=O) groups is 2. The lowest BCUT2D eigenvalue weighted by Gasteiger charge is -2.40. The number of imide groups is 1. The number of likely N-dealkylation sites (N-methyl/N-ethyl adjacent to an activating group) is 1. The molecule has 0 bridgehead atoms.